The van der Waals surface area contributed by atoms with Crippen LogP contribution in [0.15, 0.2) is 30.3 Å². The highest BCUT2D eigenvalue weighted by Crippen LogP contribution is 2.19. The van der Waals surface area contributed by atoms with Crippen molar-refractivity contribution in [2.75, 3.05) is 13.2 Å². The molecule has 0 saturated carbocycles. The Balaban J connectivity index is 1.86. The molecule has 1 aromatic heterocycles. The van der Waals surface area contributed by atoms with Crippen molar-refractivity contribution < 1.29 is 4.74 Å². The maximum absolute atomic E-state index is 5.52. The fraction of sp³-hybridized carbons (Fsp3) is 0.500. The average molecular weight is 288 g/mol. The number of hydrogen-bond acceptors (Lipinski definition) is 4. The second-order valence-corrected chi connectivity index (χ2v) is 5.30. The number of ether oxygens (including phenoxy) is 1. The molecular formula is C16H24N4O. The van der Waals surface area contributed by atoms with E-state index in [9.17, 15) is 0 Å². The summed E-state index contributed by atoms with van der Waals surface area (Å²) in [7, 11) is 1.85. The largest absolute Gasteiger partial charge is 0.379 e. The average Bonchev–Trinajstić information content (AvgIpc) is 2.84. The van der Waals surface area contributed by atoms with Gasteiger partial charge < -0.3 is 10.1 Å². The fourth-order valence-electron chi connectivity index (χ4n) is 2.11. The summed E-state index contributed by atoms with van der Waals surface area (Å²) in [4.78, 5) is 1.63. The number of nitrogens with zero attached hydrogens (tertiary/aromatic N) is 3. The van der Waals surface area contributed by atoms with Crippen LogP contribution >= 0.6 is 0 Å². The molecule has 0 aliphatic rings. The molecule has 21 heavy (non-hydrogen) atoms. The molecule has 0 saturated heterocycles. The van der Waals surface area contributed by atoms with E-state index in [1.165, 1.54) is 0 Å². The van der Waals surface area contributed by atoms with Gasteiger partial charge in [-0.25, -0.2) is 0 Å². The molecule has 5 nitrogen and oxygen atoms in total. The van der Waals surface area contributed by atoms with Gasteiger partial charge in [0, 0.05) is 25.8 Å². The van der Waals surface area contributed by atoms with Gasteiger partial charge in [-0.1, -0.05) is 30.3 Å². The molecule has 0 amide bonds. The van der Waals surface area contributed by atoms with E-state index in [4.69, 9.17) is 4.74 Å². The molecule has 0 fully saturated rings. The summed E-state index contributed by atoms with van der Waals surface area (Å²) < 4.78 is 5.52. The normalized spacial score (nSPS) is 11.2. The molecule has 1 heterocycles. The Morgan fingerprint density at radius 2 is 1.95 bits per heavy atom. The van der Waals surface area contributed by atoms with E-state index in [-0.39, 0.29) is 0 Å². The van der Waals surface area contributed by atoms with Crippen LogP contribution in [0.1, 0.15) is 26.0 Å². The molecule has 0 aliphatic carbocycles. The highest BCUT2D eigenvalue weighted by Gasteiger charge is 2.10. The highest BCUT2D eigenvalue weighted by atomic mass is 16.5. The first-order valence-corrected chi connectivity index (χ1v) is 7.44. The molecule has 0 spiro atoms. The van der Waals surface area contributed by atoms with E-state index in [0.717, 1.165) is 43.1 Å². The van der Waals surface area contributed by atoms with Crippen molar-refractivity contribution in [2.45, 2.75) is 32.9 Å². The molecule has 5 heteroatoms. The van der Waals surface area contributed by atoms with E-state index in [2.05, 4.69) is 41.5 Å². The van der Waals surface area contributed by atoms with Crippen LogP contribution in [0.5, 0.6) is 0 Å². The minimum Gasteiger partial charge on any atom is -0.379 e. The number of benzene rings is 1. The minimum atomic E-state index is 0.301. The molecule has 2 rings (SSSR count). The van der Waals surface area contributed by atoms with Gasteiger partial charge in [0.15, 0.2) is 0 Å². The summed E-state index contributed by atoms with van der Waals surface area (Å²) in [5.74, 6) is 0. The Bertz CT molecular complexity index is 536. The van der Waals surface area contributed by atoms with Crippen LogP contribution in [-0.4, -0.2) is 34.2 Å². The second kappa shape index (κ2) is 7.90. The summed E-state index contributed by atoms with van der Waals surface area (Å²) in [5.41, 5.74) is 3.03. The quantitative estimate of drug-likeness (QED) is 0.758. The van der Waals surface area contributed by atoms with Crippen molar-refractivity contribution in [1.82, 2.24) is 20.3 Å². The lowest BCUT2D eigenvalue weighted by Crippen LogP contribution is -2.18. The number of hydrogen-bond donors (Lipinski definition) is 1. The van der Waals surface area contributed by atoms with Gasteiger partial charge in [0.1, 0.15) is 11.4 Å². The van der Waals surface area contributed by atoms with Gasteiger partial charge in [0.25, 0.3) is 0 Å². The van der Waals surface area contributed by atoms with E-state index in [0.29, 0.717) is 6.10 Å². The van der Waals surface area contributed by atoms with Gasteiger partial charge in [-0.15, -0.1) is 0 Å². The van der Waals surface area contributed by atoms with Crippen LogP contribution in [0.3, 0.4) is 0 Å². The molecule has 1 N–H and O–H groups in total. The van der Waals surface area contributed by atoms with Crippen molar-refractivity contribution in [3.05, 3.63) is 36.0 Å². The van der Waals surface area contributed by atoms with Gasteiger partial charge in [0.05, 0.1) is 6.10 Å². The Morgan fingerprint density at radius 3 is 2.67 bits per heavy atom. The summed E-state index contributed by atoms with van der Waals surface area (Å²) >= 11 is 0. The van der Waals surface area contributed by atoms with Gasteiger partial charge >= 0.3 is 0 Å². The molecule has 0 unspecified atom stereocenters. The van der Waals surface area contributed by atoms with E-state index in [1.807, 2.05) is 25.2 Å². The molecule has 2 aromatic rings. The van der Waals surface area contributed by atoms with Crippen LogP contribution in [-0.2, 0) is 18.3 Å². The first kappa shape index (κ1) is 15.7. The first-order chi connectivity index (χ1) is 10.2. The SMILES string of the molecule is CC(C)OCCCNCc1nn(C)nc1-c1ccccc1. The number of aromatic nitrogens is 3. The zero-order chi connectivity index (χ0) is 15.1. The predicted octanol–water partition coefficient (Wildman–Crippen LogP) is 2.39. The van der Waals surface area contributed by atoms with Crippen LogP contribution in [0.2, 0.25) is 0 Å². The van der Waals surface area contributed by atoms with Gasteiger partial charge in [-0.2, -0.15) is 15.0 Å². The fourth-order valence-corrected chi connectivity index (χ4v) is 2.11. The van der Waals surface area contributed by atoms with Crippen LogP contribution in [0.25, 0.3) is 11.3 Å². The summed E-state index contributed by atoms with van der Waals surface area (Å²) in [6.07, 6.45) is 1.30. The molecular weight excluding hydrogens is 264 g/mol. The van der Waals surface area contributed by atoms with Gasteiger partial charge in [-0.3, -0.25) is 0 Å². The first-order valence-electron chi connectivity index (χ1n) is 7.44. The third-order valence-corrected chi connectivity index (χ3v) is 3.07. The van der Waals surface area contributed by atoms with Crippen LogP contribution in [0, 0.1) is 0 Å². The van der Waals surface area contributed by atoms with Crippen molar-refractivity contribution in [3.63, 3.8) is 0 Å². The maximum atomic E-state index is 5.52. The Hall–Kier alpha value is -1.72. The summed E-state index contributed by atoms with van der Waals surface area (Å²) in [5, 5.41) is 12.3. The molecule has 1 aromatic carbocycles. The third-order valence-electron chi connectivity index (χ3n) is 3.07. The smallest absolute Gasteiger partial charge is 0.117 e. The zero-order valence-corrected chi connectivity index (χ0v) is 13.0. The lowest BCUT2D eigenvalue weighted by atomic mass is 10.1. The number of nitrogens with one attached hydrogen (secondary N) is 1. The Morgan fingerprint density at radius 1 is 1.19 bits per heavy atom. The molecule has 0 bridgehead atoms. The number of aryl methyl sites for hydroxylation is 1. The van der Waals surface area contributed by atoms with E-state index in [1.54, 1.807) is 4.80 Å². The van der Waals surface area contributed by atoms with Crippen molar-refractivity contribution in [1.29, 1.82) is 0 Å². The standard InChI is InChI=1S/C16H24N4O/c1-13(2)21-11-7-10-17-12-15-16(19-20(3)18-15)14-8-5-4-6-9-14/h4-6,8-9,13,17H,7,10-12H2,1-3H3. The topological polar surface area (TPSA) is 52.0 Å². The van der Waals surface area contributed by atoms with Gasteiger partial charge in [-0.05, 0) is 26.8 Å². The van der Waals surface area contributed by atoms with E-state index < -0.39 is 0 Å². The monoisotopic (exact) mass is 288 g/mol. The third kappa shape index (κ3) is 4.95. The zero-order valence-electron chi connectivity index (χ0n) is 13.0. The predicted molar refractivity (Wildman–Crippen MR) is 83.9 cm³/mol. The minimum absolute atomic E-state index is 0.301. The lowest BCUT2D eigenvalue weighted by Gasteiger charge is -2.07. The molecule has 114 valence electrons. The van der Waals surface area contributed by atoms with Crippen molar-refractivity contribution in [2.24, 2.45) is 7.05 Å². The van der Waals surface area contributed by atoms with E-state index >= 15 is 0 Å². The molecule has 0 atom stereocenters. The molecule has 0 aliphatic heterocycles. The van der Waals surface area contributed by atoms with Crippen LogP contribution < -0.4 is 5.32 Å². The summed E-state index contributed by atoms with van der Waals surface area (Å²) in [6.45, 7) is 6.53. The second-order valence-electron chi connectivity index (χ2n) is 5.30. The number of rotatable bonds is 8. The highest BCUT2D eigenvalue weighted by molar-refractivity contribution is 5.60. The van der Waals surface area contributed by atoms with Crippen molar-refractivity contribution >= 4 is 0 Å². The van der Waals surface area contributed by atoms with Crippen molar-refractivity contribution in [3.8, 4) is 11.3 Å². The summed E-state index contributed by atoms with van der Waals surface area (Å²) in [6, 6.07) is 10.2. The Labute approximate surface area is 126 Å². The Kier molecular flexibility index (Phi) is 5.90. The molecule has 0 radical (unpaired) electrons. The van der Waals surface area contributed by atoms with Gasteiger partial charge in [0.2, 0.25) is 0 Å². The van der Waals surface area contributed by atoms with Crippen LogP contribution in [0.4, 0.5) is 0 Å². The maximum Gasteiger partial charge on any atom is 0.117 e. The lowest BCUT2D eigenvalue weighted by molar-refractivity contribution is 0.0770.